The van der Waals surface area contributed by atoms with Crippen LogP contribution in [0.5, 0.6) is 5.75 Å². The lowest BCUT2D eigenvalue weighted by Crippen LogP contribution is -2.38. The minimum Gasteiger partial charge on any atom is -0.490 e. The molecule has 1 aliphatic heterocycles. The third kappa shape index (κ3) is 5.32. The minimum absolute atomic E-state index is 0.00953. The fourth-order valence-electron chi connectivity index (χ4n) is 3.60. The van der Waals surface area contributed by atoms with Crippen molar-refractivity contribution in [1.29, 1.82) is 0 Å². The van der Waals surface area contributed by atoms with E-state index in [-0.39, 0.29) is 27.6 Å². The molecule has 4 rings (SSSR count). The van der Waals surface area contributed by atoms with Crippen molar-refractivity contribution in [1.82, 2.24) is 14.7 Å². The van der Waals surface area contributed by atoms with Gasteiger partial charge in [-0.15, -0.1) is 0 Å². The molecule has 0 spiro atoms. The van der Waals surface area contributed by atoms with Crippen LogP contribution in [0.15, 0.2) is 53.7 Å². The van der Waals surface area contributed by atoms with Crippen molar-refractivity contribution in [2.45, 2.75) is 17.2 Å². The Morgan fingerprint density at radius 1 is 1.26 bits per heavy atom. The molecule has 1 saturated heterocycles. The summed E-state index contributed by atoms with van der Waals surface area (Å²) in [6.07, 6.45) is 2.17. The molecule has 0 aliphatic carbocycles. The van der Waals surface area contributed by atoms with E-state index in [0.29, 0.717) is 11.6 Å². The molecule has 1 fully saturated rings. The van der Waals surface area contributed by atoms with Gasteiger partial charge >= 0.3 is 0 Å². The monoisotopic (exact) mass is 482 g/mol. The van der Waals surface area contributed by atoms with E-state index in [2.05, 4.69) is 19.4 Å². The van der Waals surface area contributed by atoms with Crippen molar-refractivity contribution in [3.05, 3.63) is 65.2 Å². The smallest absolute Gasteiger partial charge is 0.263 e. The normalized spacial score (nSPS) is 19.2. The molecule has 2 heterocycles. The van der Waals surface area contributed by atoms with Crippen LogP contribution >= 0.6 is 23.1 Å². The van der Waals surface area contributed by atoms with E-state index >= 15 is 0 Å². The second-order valence-corrected chi connectivity index (χ2v) is 10.1. The third-order valence-corrected chi connectivity index (χ3v) is 7.45. The quantitative estimate of drug-likeness (QED) is 0.530. The highest BCUT2D eigenvalue weighted by molar-refractivity contribution is 7.93. The summed E-state index contributed by atoms with van der Waals surface area (Å²) < 4.78 is 51.1. The number of anilines is 1. The highest BCUT2D eigenvalue weighted by Gasteiger charge is 2.27. The molecule has 0 unspecified atom stereocenters. The minimum atomic E-state index is -3.96. The molecule has 0 radical (unpaired) electrons. The van der Waals surface area contributed by atoms with Crippen LogP contribution in [0.2, 0.25) is 5.02 Å². The van der Waals surface area contributed by atoms with Gasteiger partial charge in [0.05, 0.1) is 11.5 Å². The number of ether oxygens (including phenoxy) is 1. The number of nitrogens with one attached hydrogen (secondary N) is 2. The van der Waals surface area contributed by atoms with E-state index in [1.165, 1.54) is 24.0 Å². The predicted molar refractivity (Wildman–Crippen MR) is 118 cm³/mol. The number of nitrogens with zero attached hydrogens (tertiary/aromatic N) is 2. The van der Waals surface area contributed by atoms with Crippen molar-refractivity contribution >= 4 is 38.3 Å². The first-order valence-electron chi connectivity index (χ1n) is 9.60. The molecule has 0 saturated carbocycles. The number of hydrogen-bond donors (Lipinski definition) is 2. The van der Waals surface area contributed by atoms with Gasteiger partial charge < -0.3 is 10.1 Å². The maximum absolute atomic E-state index is 14.6. The molecule has 7 nitrogen and oxygen atoms in total. The first-order valence-corrected chi connectivity index (χ1v) is 12.2. The second kappa shape index (κ2) is 9.47. The molecule has 0 amide bonds. The van der Waals surface area contributed by atoms with Gasteiger partial charge in [0.1, 0.15) is 6.33 Å². The van der Waals surface area contributed by atoms with Crippen LogP contribution in [0.25, 0.3) is 0 Å². The zero-order valence-corrected chi connectivity index (χ0v) is 18.7. The van der Waals surface area contributed by atoms with Crippen LogP contribution in [0, 0.1) is 11.7 Å². The van der Waals surface area contributed by atoms with Crippen LogP contribution in [0.3, 0.4) is 0 Å². The molecule has 31 heavy (non-hydrogen) atoms. The van der Waals surface area contributed by atoms with E-state index in [9.17, 15) is 12.8 Å². The Morgan fingerprint density at radius 3 is 2.77 bits per heavy atom. The van der Waals surface area contributed by atoms with E-state index < -0.39 is 15.8 Å². The lowest BCUT2D eigenvalue weighted by Gasteiger charge is -2.32. The van der Waals surface area contributed by atoms with Gasteiger partial charge in [0.15, 0.2) is 11.6 Å². The molecule has 0 bridgehead atoms. The van der Waals surface area contributed by atoms with Crippen LogP contribution in [0.4, 0.5) is 9.52 Å². The lowest BCUT2D eigenvalue weighted by atomic mass is 9.81. The van der Waals surface area contributed by atoms with E-state index in [1.54, 1.807) is 0 Å². The zero-order valence-electron chi connectivity index (χ0n) is 16.3. The molecule has 1 aliphatic rings. The highest BCUT2D eigenvalue weighted by Crippen LogP contribution is 2.32. The van der Waals surface area contributed by atoms with Gasteiger partial charge in [0.2, 0.25) is 5.13 Å². The number of aromatic nitrogens is 2. The third-order valence-electron chi connectivity index (χ3n) is 5.16. The molecule has 3 aromatic rings. The van der Waals surface area contributed by atoms with Crippen LogP contribution in [0.1, 0.15) is 17.9 Å². The summed E-state index contributed by atoms with van der Waals surface area (Å²) in [5.74, 6) is -0.337. The summed E-state index contributed by atoms with van der Waals surface area (Å²) >= 11 is 6.89. The highest BCUT2D eigenvalue weighted by atomic mass is 35.5. The second-order valence-electron chi connectivity index (χ2n) is 7.17. The van der Waals surface area contributed by atoms with Gasteiger partial charge in [0.25, 0.3) is 10.0 Å². The number of rotatable bonds is 7. The Kier molecular flexibility index (Phi) is 6.71. The van der Waals surface area contributed by atoms with E-state index in [0.717, 1.165) is 37.1 Å². The Balaban J connectivity index is 1.44. The summed E-state index contributed by atoms with van der Waals surface area (Å²) in [5, 5.41) is 4.14. The van der Waals surface area contributed by atoms with Crippen molar-refractivity contribution in [3.63, 3.8) is 0 Å². The molecular weight excluding hydrogens is 463 g/mol. The Hall–Kier alpha value is -2.27. The maximum atomic E-state index is 14.6. The number of sulfonamides is 1. The zero-order chi connectivity index (χ0) is 21.8. The van der Waals surface area contributed by atoms with Crippen LogP contribution in [-0.4, -0.2) is 37.5 Å². The maximum Gasteiger partial charge on any atom is 0.263 e. The van der Waals surface area contributed by atoms with Gasteiger partial charge in [-0.3, -0.25) is 4.72 Å². The Bertz CT molecular complexity index is 1130. The largest absolute Gasteiger partial charge is 0.490 e. The van der Waals surface area contributed by atoms with Gasteiger partial charge in [-0.2, -0.15) is 4.37 Å². The fraction of sp³-hybridized carbons (Fsp3) is 0.300. The number of benzene rings is 2. The average molecular weight is 483 g/mol. The molecule has 1 aromatic heterocycles. The Morgan fingerprint density at radius 2 is 2.06 bits per heavy atom. The summed E-state index contributed by atoms with van der Waals surface area (Å²) in [7, 11) is -3.96. The van der Waals surface area contributed by atoms with Gasteiger partial charge in [-0.1, -0.05) is 23.7 Å². The topological polar surface area (TPSA) is 93.2 Å². The summed E-state index contributed by atoms with van der Waals surface area (Å²) in [6, 6.07) is 11.3. The standard InChI is InChI=1S/C20H20ClFN4O3S2/c21-15-3-1-13(2-4-15)17-7-8-23-10-14(17)11-29-19-6-5-16(9-18(19)22)31(27,28)26-20-24-12-25-30-20/h1-6,9,12,14,17,23H,7-8,10-11H2,(H,24,25,26)/t14-,17-/m0/s1. The average Bonchev–Trinajstić information content (AvgIpc) is 3.26. The van der Waals surface area contributed by atoms with Crippen molar-refractivity contribution in [2.75, 3.05) is 24.4 Å². The predicted octanol–water partition coefficient (Wildman–Crippen LogP) is 3.90. The lowest BCUT2D eigenvalue weighted by molar-refractivity contribution is 0.191. The molecule has 11 heteroatoms. The molecular formula is C20H20ClFN4O3S2. The molecule has 2 aromatic carbocycles. The van der Waals surface area contributed by atoms with Crippen molar-refractivity contribution < 1.29 is 17.5 Å². The van der Waals surface area contributed by atoms with Gasteiger partial charge in [0, 0.05) is 29.0 Å². The van der Waals surface area contributed by atoms with E-state index in [4.69, 9.17) is 16.3 Å². The van der Waals surface area contributed by atoms with Gasteiger partial charge in [-0.25, -0.2) is 17.8 Å². The first-order chi connectivity index (χ1) is 14.9. The van der Waals surface area contributed by atoms with Crippen LogP contribution < -0.4 is 14.8 Å². The molecule has 164 valence electrons. The summed E-state index contributed by atoms with van der Waals surface area (Å²) in [6.45, 7) is 1.94. The Labute approximate surface area is 188 Å². The first kappa shape index (κ1) is 21.9. The summed E-state index contributed by atoms with van der Waals surface area (Å²) in [4.78, 5) is 3.55. The van der Waals surface area contributed by atoms with Crippen molar-refractivity contribution in [3.8, 4) is 5.75 Å². The van der Waals surface area contributed by atoms with Crippen LogP contribution in [-0.2, 0) is 10.0 Å². The number of piperidine rings is 1. The van der Waals surface area contributed by atoms with Crippen molar-refractivity contribution in [2.24, 2.45) is 5.92 Å². The number of hydrogen-bond acceptors (Lipinski definition) is 7. The molecule has 2 N–H and O–H groups in total. The molecule has 2 atom stereocenters. The fourth-order valence-corrected chi connectivity index (χ4v) is 5.40. The van der Waals surface area contributed by atoms with Gasteiger partial charge in [-0.05, 0) is 54.8 Å². The SMILES string of the molecule is O=S(=O)(Nc1ncns1)c1ccc(OC[C@@H]2CNCC[C@H]2c2ccc(Cl)cc2)c(F)c1. The number of halogens is 2. The summed E-state index contributed by atoms with van der Waals surface area (Å²) in [5.41, 5.74) is 1.17. The van der Waals surface area contributed by atoms with E-state index in [1.807, 2.05) is 24.3 Å².